The molecule has 0 bridgehead atoms. The summed E-state index contributed by atoms with van der Waals surface area (Å²) in [5.41, 5.74) is 3.58. The summed E-state index contributed by atoms with van der Waals surface area (Å²) < 4.78 is 5.50. The maximum Gasteiger partial charge on any atom is 0.321 e. The second-order valence-electron chi connectivity index (χ2n) is 6.04. The van der Waals surface area contributed by atoms with Crippen LogP contribution in [0.4, 0.5) is 9.93 Å². The predicted octanol–water partition coefficient (Wildman–Crippen LogP) is 4.83. The number of benzene rings is 2. The average molecular weight is 390 g/mol. The second-order valence-corrected chi connectivity index (χ2v) is 6.90. The first kappa shape index (κ1) is 17.9. The molecular formula is C21H18N4O2S. The van der Waals surface area contributed by atoms with Crippen LogP contribution < -0.4 is 10.6 Å². The first-order chi connectivity index (χ1) is 13.8. The number of urea groups is 1. The van der Waals surface area contributed by atoms with Crippen molar-refractivity contribution >= 4 is 22.5 Å². The number of rotatable bonds is 6. The van der Waals surface area contributed by atoms with Gasteiger partial charge >= 0.3 is 6.03 Å². The van der Waals surface area contributed by atoms with Gasteiger partial charge in [-0.05, 0) is 12.1 Å². The van der Waals surface area contributed by atoms with Gasteiger partial charge < -0.3 is 9.73 Å². The number of anilines is 1. The van der Waals surface area contributed by atoms with Crippen LogP contribution in [0.25, 0.3) is 22.7 Å². The molecule has 0 aliphatic carbocycles. The van der Waals surface area contributed by atoms with E-state index in [1.165, 1.54) is 11.3 Å². The largest absolute Gasteiger partial charge is 0.444 e. The number of hydrogen-bond acceptors (Lipinski definition) is 5. The fraction of sp³-hybridized carbons (Fsp3) is 0.0952. The van der Waals surface area contributed by atoms with Crippen LogP contribution in [0, 0.1) is 0 Å². The zero-order valence-corrected chi connectivity index (χ0v) is 15.8. The Kier molecular flexibility index (Phi) is 5.44. The Labute approximate surface area is 166 Å². The molecule has 0 saturated carbocycles. The van der Waals surface area contributed by atoms with E-state index in [2.05, 4.69) is 20.6 Å². The standard InChI is InChI=1S/C21H18N4O2S/c26-20(25-21-24-18(14-28-21)15-7-3-1-4-8-15)22-12-11-17-13-27-19(23-17)16-9-5-2-6-10-16/h1-10,13-14H,11-12H2,(H2,22,24,25,26). The molecular weight excluding hydrogens is 372 g/mol. The number of oxazole rings is 1. The quantitative estimate of drug-likeness (QED) is 0.494. The summed E-state index contributed by atoms with van der Waals surface area (Å²) in [7, 11) is 0. The maximum absolute atomic E-state index is 12.1. The fourth-order valence-corrected chi connectivity index (χ4v) is 3.37. The van der Waals surface area contributed by atoms with Crippen molar-refractivity contribution in [3.63, 3.8) is 0 Å². The van der Waals surface area contributed by atoms with Gasteiger partial charge in [0.25, 0.3) is 0 Å². The molecule has 0 saturated heterocycles. The van der Waals surface area contributed by atoms with Gasteiger partial charge in [-0.25, -0.2) is 14.8 Å². The van der Waals surface area contributed by atoms with E-state index in [1.54, 1.807) is 6.26 Å². The Morgan fingerprint density at radius 2 is 1.68 bits per heavy atom. The summed E-state index contributed by atoms with van der Waals surface area (Å²) >= 11 is 1.39. The summed E-state index contributed by atoms with van der Waals surface area (Å²) in [6.45, 7) is 0.448. The number of carbonyl (C=O) groups is 1. The normalized spacial score (nSPS) is 10.6. The van der Waals surface area contributed by atoms with Crippen LogP contribution in [0.2, 0.25) is 0 Å². The van der Waals surface area contributed by atoms with E-state index in [1.807, 2.05) is 66.0 Å². The Morgan fingerprint density at radius 3 is 2.43 bits per heavy atom. The predicted molar refractivity (Wildman–Crippen MR) is 110 cm³/mol. The average Bonchev–Trinajstić information content (AvgIpc) is 3.39. The minimum Gasteiger partial charge on any atom is -0.444 e. The monoisotopic (exact) mass is 390 g/mol. The molecule has 0 aliphatic rings. The van der Waals surface area contributed by atoms with Crippen LogP contribution in [0.15, 0.2) is 76.7 Å². The molecule has 4 aromatic rings. The lowest BCUT2D eigenvalue weighted by Crippen LogP contribution is -2.30. The van der Waals surface area contributed by atoms with Gasteiger partial charge in [0.2, 0.25) is 5.89 Å². The van der Waals surface area contributed by atoms with E-state index in [0.717, 1.165) is 22.5 Å². The highest BCUT2D eigenvalue weighted by Gasteiger charge is 2.09. The van der Waals surface area contributed by atoms with E-state index >= 15 is 0 Å². The molecule has 0 fully saturated rings. The SMILES string of the molecule is O=C(NCCc1coc(-c2ccccc2)n1)Nc1nc(-c2ccccc2)cs1. The number of amides is 2. The molecule has 0 unspecified atom stereocenters. The smallest absolute Gasteiger partial charge is 0.321 e. The summed E-state index contributed by atoms with van der Waals surface area (Å²) in [6, 6.07) is 19.3. The molecule has 140 valence electrons. The van der Waals surface area contributed by atoms with Crippen molar-refractivity contribution in [1.82, 2.24) is 15.3 Å². The molecule has 0 spiro atoms. The Bertz CT molecular complexity index is 1040. The molecule has 0 radical (unpaired) electrons. The zero-order chi connectivity index (χ0) is 19.2. The lowest BCUT2D eigenvalue weighted by Gasteiger charge is -2.03. The number of hydrogen-bond donors (Lipinski definition) is 2. The summed E-state index contributed by atoms with van der Waals surface area (Å²) in [5.74, 6) is 0.580. The molecule has 7 heteroatoms. The first-order valence-electron chi connectivity index (χ1n) is 8.83. The molecule has 2 aromatic heterocycles. The number of nitrogens with one attached hydrogen (secondary N) is 2. The first-order valence-corrected chi connectivity index (χ1v) is 9.71. The Hall–Kier alpha value is -3.45. The van der Waals surface area contributed by atoms with Crippen molar-refractivity contribution < 1.29 is 9.21 Å². The third-order valence-electron chi connectivity index (χ3n) is 4.03. The maximum atomic E-state index is 12.1. The number of nitrogens with zero attached hydrogens (tertiary/aromatic N) is 2. The summed E-state index contributed by atoms with van der Waals surface area (Å²) in [5, 5.41) is 8.06. The number of thiazole rings is 1. The highest BCUT2D eigenvalue weighted by molar-refractivity contribution is 7.14. The van der Waals surface area contributed by atoms with Gasteiger partial charge in [-0.15, -0.1) is 11.3 Å². The van der Waals surface area contributed by atoms with E-state index in [0.29, 0.717) is 24.0 Å². The minimum absolute atomic E-state index is 0.291. The van der Waals surface area contributed by atoms with Crippen LogP contribution in [-0.4, -0.2) is 22.5 Å². The number of carbonyl (C=O) groups excluding carboxylic acids is 1. The van der Waals surface area contributed by atoms with Gasteiger partial charge in [0.1, 0.15) is 6.26 Å². The van der Waals surface area contributed by atoms with Crippen molar-refractivity contribution in [3.05, 3.63) is 78.0 Å². The van der Waals surface area contributed by atoms with Crippen molar-refractivity contribution in [2.75, 3.05) is 11.9 Å². The van der Waals surface area contributed by atoms with Gasteiger partial charge in [-0.2, -0.15) is 0 Å². The zero-order valence-electron chi connectivity index (χ0n) is 15.0. The molecule has 28 heavy (non-hydrogen) atoms. The Balaban J connectivity index is 1.26. The van der Waals surface area contributed by atoms with Crippen LogP contribution in [0.3, 0.4) is 0 Å². The van der Waals surface area contributed by atoms with Gasteiger partial charge in [-0.3, -0.25) is 5.32 Å². The molecule has 0 atom stereocenters. The van der Waals surface area contributed by atoms with Crippen molar-refractivity contribution in [2.24, 2.45) is 0 Å². The second kappa shape index (κ2) is 8.49. The van der Waals surface area contributed by atoms with Crippen molar-refractivity contribution in [2.45, 2.75) is 6.42 Å². The molecule has 2 N–H and O–H groups in total. The molecule has 2 heterocycles. The minimum atomic E-state index is -0.291. The Morgan fingerprint density at radius 1 is 0.964 bits per heavy atom. The van der Waals surface area contributed by atoms with E-state index in [-0.39, 0.29) is 6.03 Å². The molecule has 6 nitrogen and oxygen atoms in total. The molecule has 4 rings (SSSR count). The fourth-order valence-electron chi connectivity index (χ4n) is 2.65. The third-order valence-corrected chi connectivity index (χ3v) is 4.79. The van der Waals surface area contributed by atoms with Crippen LogP contribution in [0.5, 0.6) is 0 Å². The highest BCUT2D eigenvalue weighted by Crippen LogP contribution is 2.24. The third kappa shape index (κ3) is 4.44. The lowest BCUT2D eigenvalue weighted by atomic mass is 10.2. The number of aromatic nitrogens is 2. The highest BCUT2D eigenvalue weighted by atomic mass is 32.1. The van der Waals surface area contributed by atoms with E-state index in [4.69, 9.17) is 4.42 Å². The van der Waals surface area contributed by atoms with Gasteiger partial charge in [0.05, 0.1) is 11.4 Å². The topological polar surface area (TPSA) is 80.0 Å². The van der Waals surface area contributed by atoms with Crippen LogP contribution in [0.1, 0.15) is 5.69 Å². The molecule has 2 aromatic carbocycles. The van der Waals surface area contributed by atoms with Gasteiger partial charge in [0.15, 0.2) is 5.13 Å². The van der Waals surface area contributed by atoms with Crippen LogP contribution in [-0.2, 0) is 6.42 Å². The van der Waals surface area contributed by atoms with E-state index < -0.39 is 0 Å². The van der Waals surface area contributed by atoms with Crippen molar-refractivity contribution in [3.8, 4) is 22.7 Å². The van der Waals surface area contributed by atoms with E-state index in [9.17, 15) is 4.79 Å². The van der Waals surface area contributed by atoms with Crippen molar-refractivity contribution in [1.29, 1.82) is 0 Å². The molecule has 2 amide bonds. The lowest BCUT2D eigenvalue weighted by molar-refractivity contribution is 0.252. The molecule has 0 aliphatic heterocycles. The van der Waals surface area contributed by atoms with Gasteiger partial charge in [-0.1, -0.05) is 48.5 Å². The summed E-state index contributed by atoms with van der Waals surface area (Å²) in [6.07, 6.45) is 2.20. The summed E-state index contributed by atoms with van der Waals surface area (Å²) in [4.78, 5) is 21.0. The van der Waals surface area contributed by atoms with Crippen LogP contribution >= 0.6 is 11.3 Å². The van der Waals surface area contributed by atoms with Gasteiger partial charge in [0, 0.05) is 29.5 Å².